The van der Waals surface area contributed by atoms with E-state index in [0.29, 0.717) is 12.5 Å². The van der Waals surface area contributed by atoms with Gasteiger partial charge in [-0.05, 0) is 25.4 Å². The van der Waals surface area contributed by atoms with Crippen LogP contribution in [0.1, 0.15) is 19.8 Å². The predicted octanol–water partition coefficient (Wildman–Crippen LogP) is -0.326. The second-order valence-electron chi connectivity index (χ2n) is 4.93. The lowest BCUT2D eigenvalue weighted by atomic mass is 10.1. The molecule has 106 valence electrons. The van der Waals surface area contributed by atoms with Gasteiger partial charge in [0.1, 0.15) is 0 Å². The van der Waals surface area contributed by atoms with Crippen molar-refractivity contribution in [1.82, 2.24) is 10.2 Å². The molecule has 0 saturated carbocycles. The van der Waals surface area contributed by atoms with Gasteiger partial charge in [-0.2, -0.15) is 0 Å². The van der Waals surface area contributed by atoms with E-state index in [9.17, 15) is 9.59 Å². The topological polar surface area (TPSA) is 91.2 Å². The van der Waals surface area contributed by atoms with Gasteiger partial charge in [0.15, 0.2) is 5.71 Å². The number of carbonyl (C=O) groups excluding carboxylic acids is 1. The molecule has 0 aliphatic carbocycles. The predicted molar refractivity (Wildman–Crippen MR) is 67.8 cm³/mol. The molecule has 0 aromatic carbocycles. The Hall–Kier alpha value is -1.63. The summed E-state index contributed by atoms with van der Waals surface area (Å²) in [5.41, 5.74) is -0.0989. The lowest BCUT2D eigenvalue weighted by molar-refractivity contribution is -0.131. The van der Waals surface area contributed by atoms with E-state index in [2.05, 4.69) is 22.3 Å². The lowest BCUT2D eigenvalue weighted by Gasteiger charge is -2.15. The quantitative estimate of drug-likeness (QED) is 0.713. The van der Waals surface area contributed by atoms with Gasteiger partial charge in [-0.1, -0.05) is 12.1 Å². The fraction of sp³-hybridized carbons (Fsp3) is 0.750. The van der Waals surface area contributed by atoms with Gasteiger partial charge in [-0.25, -0.2) is 4.79 Å². The van der Waals surface area contributed by atoms with Gasteiger partial charge in [-0.3, -0.25) is 4.79 Å². The average molecular weight is 269 g/mol. The minimum absolute atomic E-state index is 0.0346. The molecule has 0 radical (unpaired) electrons. The Balaban J connectivity index is 1.70. The minimum Gasteiger partial charge on any atom is -0.477 e. The molecule has 1 saturated heterocycles. The van der Waals surface area contributed by atoms with Crippen LogP contribution in [0.25, 0.3) is 0 Å². The summed E-state index contributed by atoms with van der Waals surface area (Å²) >= 11 is 0. The molecule has 0 spiro atoms. The number of carbonyl (C=O) groups is 2. The van der Waals surface area contributed by atoms with Crippen molar-refractivity contribution in [3.8, 4) is 0 Å². The van der Waals surface area contributed by atoms with Crippen LogP contribution in [0.3, 0.4) is 0 Å². The highest BCUT2D eigenvalue weighted by Crippen LogP contribution is 2.15. The number of hydrogen-bond acceptors (Lipinski definition) is 5. The Labute approximate surface area is 111 Å². The zero-order valence-electron chi connectivity index (χ0n) is 11.0. The van der Waals surface area contributed by atoms with Crippen molar-refractivity contribution >= 4 is 17.6 Å². The molecule has 2 aliphatic rings. The van der Waals surface area contributed by atoms with Crippen LogP contribution in [0.4, 0.5) is 0 Å². The Morgan fingerprint density at radius 2 is 2.37 bits per heavy atom. The van der Waals surface area contributed by atoms with Crippen molar-refractivity contribution in [3.63, 3.8) is 0 Å². The normalized spacial score (nSPS) is 26.9. The van der Waals surface area contributed by atoms with Crippen LogP contribution in [0, 0.1) is 5.92 Å². The zero-order chi connectivity index (χ0) is 13.8. The van der Waals surface area contributed by atoms with Crippen molar-refractivity contribution in [2.45, 2.75) is 25.9 Å². The van der Waals surface area contributed by atoms with Crippen molar-refractivity contribution in [2.75, 3.05) is 26.2 Å². The molecule has 0 aromatic heterocycles. The summed E-state index contributed by atoms with van der Waals surface area (Å²) in [4.78, 5) is 29.6. The Morgan fingerprint density at radius 3 is 2.95 bits per heavy atom. The molecule has 1 amide bonds. The highest BCUT2D eigenvalue weighted by Gasteiger charge is 2.32. The van der Waals surface area contributed by atoms with E-state index in [0.717, 1.165) is 26.1 Å². The van der Waals surface area contributed by atoms with E-state index in [1.807, 2.05) is 0 Å². The smallest absolute Gasteiger partial charge is 0.353 e. The van der Waals surface area contributed by atoms with Gasteiger partial charge < -0.3 is 20.2 Å². The Morgan fingerprint density at radius 1 is 1.58 bits per heavy atom. The molecule has 0 aromatic rings. The van der Waals surface area contributed by atoms with Gasteiger partial charge in [0.2, 0.25) is 6.10 Å². The van der Waals surface area contributed by atoms with Gasteiger partial charge in [0, 0.05) is 19.5 Å². The van der Waals surface area contributed by atoms with Gasteiger partial charge in [-0.15, -0.1) is 0 Å². The van der Waals surface area contributed by atoms with E-state index < -0.39 is 12.1 Å². The Kier molecular flexibility index (Phi) is 4.36. The summed E-state index contributed by atoms with van der Waals surface area (Å²) in [5, 5.41) is 14.9. The van der Waals surface area contributed by atoms with E-state index in [-0.39, 0.29) is 18.0 Å². The van der Waals surface area contributed by atoms with Crippen molar-refractivity contribution in [1.29, 1.82) is 0 Å². The number of hydrogen-bond donors (Lipinski definition) is 2. The molecule has 2 N–H and O–H groups in total. The molecule has 2 heterocycles. The lowest BCUT2D eigenvalue weighted by Crippen LogP contribution is -2.38. The number of oxime groups is 1. The van der Waals surface area contributed by atoms with Crippen LogP contribution in [0.2, 0.25) is 0 Å². The molecule has 0 bridgehead atoms. The SMILES string of the molecule is CCN1CCC(CNC(=O)C2CC(C(=O)O)=NO2)C1. The molecule has 2 atom stereocenters. The average Bonchev–Trinajstić information content (AvgIpc) is 3.04. The van der Waals surface area contributed by atoms with Crippen LogP contribution in [0.15, 0.2) is 5.16 Å². The second kappa shape index (κ2) is 6.01. The van der Waals surface area contributed by atoms with Gasteiger partial charge in [0.25, 0.3) is 5.91 Å². The van der Waals surface area contributed by atoms with E-state index in [1.54, 1.807) is 0 Å². The van der Waals surface area contributed by atoms with Crippen LogP contribution in [0.5, 0.6) is 0 Å². The summed E-state index contributed by atoms with van der Waals surface area (Å²) < 4.78 is 0. The number of likely N-dealkylation sites (tertiary alicyclic amines) is 1. The molecule has 2 rings (SSSR count). The van der Waals surface area contributed by atoms with E-state index in [4.69, 9.17) is 9.94 Å². The maximum absolute atomic E-state index is 11.8. The van der Waals surface area contributed by atoms with Crippen LogP contribution in [-0.2, 0) is 14.4 Å². The van der Waals surface area contributed by atoms with Crippen LogP contribution < -0.4 is 5.32 Å². The number of nitrogens with one attached hydrogen (secondary N) is 1. The molecule has 2 aliphatic heterocycles. The largest absolute Gasteiger partial charge is 0.477 e. The maximum Gasteiger partial charge on any atom is 0.353 e. The van der Waals surface area contributed by atoms with Crippen LogP contribution in [-0.4, -0.2) is 59.9 Å². The summed E-state index contributed by atoms with van der Waals surface area (Å²) in [6.45, 7) is 5.84. The highest BCUT2D eigenvalue weighted by atomic mass is 16.6. The number of nitrogens with zero attached hydrogens (tertiary/aromatic N) is 2. The van der Waals surface area contributed by atoms with Crippen molar-refractivity contribution < 1.29 is 19.5 Å². The Bertz CT molecular complexity index is 396. The summed E-state index contributed by atoms with van der Waals surface area (Å²) in [7, 11) is 0. The molecule has 1 fully saturated rings. The molecule has 7 nitrogen and oxygen atoms in total. The second-order valence-corrected chi connectivity index (χ2v) is 4.93. The standard InChI is InChI=1S/C12H19N3O4/c1-2-15-4-3-8(7-15)6-13-11(16)10-5-9(12(17)18)14-19-10/h8,10H,2-7H2,1H3,(H,13,16)(H,17,18). The fourth-order valence-corrected chi connectivity index (χ4v) is 2.37. The first-order valence-corrected chi connectivity index (χ1v) is 6.56. The van der Waals surface area contributed by atoms with Crippen molar-refractivity contribution in [2.24, 2.45) is 11.1 Å². The van der Waals surface area contributed by atoms with Gasteiger partial charge >= 0.3 is 5.97 Å². The fourth-order valence-electron chi connectivity index (χ4n) is 2.37. The third-order valence-electron chi connectivity index (χ3n) is 3.59. The summed E-state index contributed by atoms with van der Waals surface area (Å²) in [6.07, 6.45) is 0.318. The molecular weight excluding hydrogens is 250 g/mol. The molecule has 7 heteroatoms. The number of carboxylic acids is 1. The third-order valence-corrected chi connectivity index (χ3v) is 3.59. The van der Waals surface area contributed by atoms with E-state index >= 15 is 0 Å². The third kappa shape index (κ3) is 3.44. The maximum atomic E-state index is 11.8. The molecule has 19 heavy (non-hydrogen) atoms. The van der Waals surface area contributed by atoms with Crippen LogP contribution >= 0.6 is 0 Å². The molecular formula is C12H19N3O4. The first-order chi connectivity index (χ1) is 9.10. The number of aliphatic carboxylic acids is 1. The molecule has 2 unspecified atom stereocenters. The van der Waals surface area contributed by atoms with Gasteiger partial charge in [0.05, 0.1) is 0 Å². The monoisotopic (exact) mass is 269 g/mol. The number of rotatable bonds is 5. The summed E-state index contributed by atoms with van der Waals surface area (Å²) in [6, 6.07) is 0. The first-order valence-electron chi connectivity index (χ1n) is 6.56. The number of carboxylic acid groups (broad SMARTS) is 1. The van der Waals surface area contributed by atoms with Crippen molar-refractivity contribution in [3.05, 3.63) is 0 Å². The number of amides is 1. The zero-order valence-corrected chi connectivity index (χ0v) is 11.0. The summed E-state index contributed by atoms with van der Waals surface area (Å²) in [5.74, 6) is -0.954. The van der Waals surface area contributed by atoms with E-state index in [1.165, 1.54) is 0 Å². The minimum atomic E-state index is -1.13. The first kappa shape index (κ1) is 13.8. The highest BCUT2D eigenvalue weighted by molar-refractivity contribution is 6.36.